The number of carbonyl (C=O) groups excluding carboxylic acids is 1. The van der Waals surface area contributed by atoms with Gasteiger partial charge in [0.25, 0.3) is 5.91 Å². The van der Waals surface area contributed by atoms with Crippen molar-refractivity contribution in [3.05, 3.63) is 65.7 Å². The fraction of sp³-hybridized carbons (Fsp3) is 0.471. The van der Waals surface area contributed by atoms with Gasteiger partial charge in [0.15, 0.2) is 11.4 Å². The molecule has 3 saturated heterocycles. The highest BCUT2D eigenvalue weighted by Gasteiger charge is 2.51. The number of rotatable bonds is 8. The molecule has 1 amide bonds. The Bertz CT molecular complexity index is 1610. The smallest absolute Gasteiger partial charge is 0.277 e. The molecule has 5 heterocycles. The van der Waals surface area contributed by atoms with E-state index in [1.165, 1.54) is 12.1 Å². The maximum atomic E-state index is 14.5. The van der Waals surface area contributed by atoms with Gasteiger partial charge in [-0.05, 0) is 83.1 Å². The van der Waals surface area contributed by atoms with Gasteiger partial charge < -0.3 is 29.3 Å². The highest BCUT2D eigenvalue weighted by Crippen LogP contribution is 2.41. The van der Waals surface area contributed by atoms with Crippen molar-refractivity contribution in [3.8, 4) is 29.0 Å². The Balaban J connectivity index is 1.27. The van der Waals surface area contributed by atoms with Crippen molar-refractivity contribution in [1.29, 1.82) is 5.26 Å². The van der Waals surface area contributed by atoms with E-state index < -0.39 is 17.0 Å². The first-order valence-electron chi connectivity index (χ1n) is 15.5. The average molecular weight is 615 g/mol. The SMILES string of the molecule is CCOc1ncccc1-c1ccc(OC2COC3(C2)CN(c2ccc(F)cc2C#N)C3)c(C(=O)N([C@@H]2CCNC2)C(C)(C)C)n1. The number of anilines is 1. The number of hydrogen-bond donors (Lipinski definition) is 1. The second-order valence-corrected chi connectivity index (χ2v) is 12.9. The summed E-state index contributed by atoms with van der Waals surface area (Å²) in [6.45, 7) is 11.5. The lowest BCUT2D eigenvalue weighted by Crippen LogP contribution is -2.62. The van der Waals surface area contributed by atoms with Crippen LogP contribution in [0.15, 0.2) is 48.7 Å². The molecule has 45 heavy (non-hydrogen) atoms. The number of pyridine rings is 2. The van der Waals surface area contributed by atoms with E-state index in [9.17, 15) is 14.4 Å². The fourth-order valence-corrected chi connectivity index (χ4v) is 6.65. The summed E-state index contributed by atoms with van der Waals surface area (Å²) in [5, 5.41) is 12.9. The summed E-state index contributed by atoms with van der Waals surface area (Å²) in [6, 6.07) is 13.7. The number of aromatic nitrogens is 2. The molecular formula is C34H39FN6O4. The highest BCUT2D eigenvalue weighted by molar-refractivity contribution is 5.96. The monoisotopic (exact) mass is 614 g/mol. The van der Waals surface area contributed by atoms with Crippen LogP contribution in [0.1, 0.15) is 56.6 Å². The van der Waals surface area contributed by atoms with Crippen LogP contribution in [-0.2, 0) is 4.74 Å². The Labute approximate surface area is 263 Å². The quantitative estimate of drug-likeness (QED) is 0.390. The molecule has 1 unspecified atom stereocenters. The lowest BCUT2D eigenvalue weighted by molar-refractivity contribution is -0.0196. The molecular weight excluding hydrogens is 575 g/mol. The van der Waals surface area contributed by atoms with Crippen LogP contribution >= 0.6 is 0 Å². The van der Waals surface area contributed by atoms with Crippen molar-refractivity contribution in [2.24, 2.45) is 0 Å². The molecule has 10 nitrogen and oxygen atoms in total. The van der Waals surface area contributed by atoms with Gasteiger partial charge >= 0.3 is 0 Å². The molecule has 236 valence electrons. The largest absolute Gasteiger partial charge is 0.485 e. The molecule has 3 aliphatic heterocycles. The minimum absolute atomic E-state index is 0.0250. The number of benzene rings is 1. The first-order chi connectivity index (χ1) is 21.6. The summed E-state index contributed by atoms with van der Waals surface area (Å²) in [5.41, 5.74) is 1.59. The van der Waals surface area contributed by atoms with Crippen molar-refractivity contribution in [3.63, 3.8) is 0 Å². The molecule has 0 saturated carbocycles. The molecule has 1 aromatic carbocycles. The van der Waals surface area contributed by atoms with Gasteiger partial charge in [0.1, 0.15) is 23.6 Å². The number of nitrogens with one attached hydrogen (secondary N) is 1. The molecule has 0 aliphatic carbocycles. The predicted molar refractivity (Wildman–Crippen MR) is 167 cm³/mol. The van der Waals surface area contributed by atoms with Crippen LogP contribution in [0.4, 0.5) is 10.1 Å². The Morgan fingerprint density at radius 1 is 1.27 bits per heavy atom. The van der Waals surface area contributed by atoms with E-state index in [-0.39, 0.29) is 23.7 Å². The van der Waals surface area contributed by atoms with Gasteiger partial charge in [-0.3, -0.25) is 4.79 Å². The van der Waals surface area contributed by atoms with Crippen molar-refractivity contribution in [2.45, 2.75) is 63.8 Å². The summed E-state index contributed by atoms with van der Waals surface area (Å²) in [5.74, 6) is 0.221. The predicted octanol–water partition coefficient (Wildman–Crippen LogP) is 4.58. The molecule has 6 rings (SSSR count). The number of carbonyl (C=O) groups is 1. The molecule has 1 N–H and O–H groups in total. The van der Waals surface area contributed by atoms with Crippen LogP contribution in [0, 0.1) is 17.1 Å². The van der Waals surface area contributed by atoms with Crippen LogP contribution in [0.3, 0.4) is 0 Å². The van der Waals surface area contributed by atoms with Crippen molar-refractivity contribution < 1.29 is 23.4 Å². The maximum Gasteiger partial charge on any atom is 0.277 e. The van der Waals surface area contributed by atoms with E-state index in [0.29, 0.717) is 73.4 Å². The first kappa shape index (κ1) is 30.7. The Morgan fingerprint density at radius 3 is 2.80 bits per heavy atom. The summed E-state index contributed by atoms with van der Waals surface area (Å²) in [7, 11) is 0. The average Bonchev–Trinajstić information content (AvgIpc) is 3.67. The molecule has 2 aromatic heterocycles. The summed E-state index contributed by atoms with van der Waals surface area (Å²) >= 11 is 0. The van der Waals surface area contributed by atoms with Gasteiger partial charge in [-0.2, -0.15) is 5.26 Å². The Morgan fingerprint density at radius 2 is 2.09 bits per heavy atom. The van der Waals surface area contributed by atoms with Crippen molar-refractivity contribution in [2.75, 3.05) is 44.3 Å². The zero-order valence-corrected chi connectivity index (χ0v) is 26.2. The zero-order chi connectivity index (χ0) is 31.8. The zero-order valence-electron chi connectivity index (χ0n) is 26.2. The normalized spacial score (nSPS) is 20.5. The third-order valence-electron chi connectivity index (χ3n) is 8.58. The summed E-state index contributed by atoms with van der Waals surface area (Å²) in [6.07, 6.45) is 2.83. The number of halogens is 1. The van der Waals surface area contributed by atoms with Crippen LogP contribution in [0.5, 0.6) is 11.6 Å². The van der Waals surface area contributed by atoms with Gasteiger partial charge in [-0.1, -0.05) is 0 Å². The first-order valence-corrected chi connectivity index (χ1v) is 15.5. The molecule has 0 radical (unpaired) electrons. The van der Waals surface area contributed by atoms with Crippen molar-refractivity contribution >= 4 is 11.6 Å². The van der Waals surface area contributed by atoms with E-state index in [0.717, 1.165) is 13.0 Å². The number of nitrogens with zero attached hydrogens (tertiary/aromatic N) is 5. The lowest BCUT2D eigenvalue weighted by atomic mass is 9.89. The highest BCUT2D eigenvalue weighted by atomic mass is 19.1. The second kappa shape index (κ2) is 12.3. The van der Waals surface area contributed by atoms with Crippen LogP contribution in [0.2, 0.25) is 0 Å². The molecule has 3 fully saturated rings. The maximum absolute atomic E-state index is 14.5. The lowest BCUT2D eigenvalue weighted by Gasteiger charge is -2.48. The van der Waals surface area contributed by atoms with E-state index in [2.05, 4.69) is 16.4 Å². The van der Waals surface area contributed by atoms with E-state index in [4.69, 9.17) is 19.2 Å². The second-order valence-electron chi connectivity index (χ2n) is 12.9. The topological polar surface area (TPSA) is 113 Å². The van der Waals surface area contributed by atoms with Gasteiger partial charge in [-0.15, -0.1) is 0 Å². The molecule has 0 bridgehead atoms. The van der Waals surface area contributed by atoms with Gasteiger partial charge in [-0.25, -0.2) is 14.4 Å². The van der Waals surface area contributed by atoms with E-state index >= 15 is 0 Å². The van der Waals surface area contributed by atoms with E-state index in [1.54, 1.807) is 12.3 Å². The molecule has 2 atom stereocenters. The fourth-order valence-electron chi connectivity index (χ4n) is 6.65. The number of amides is 1. The third kappa shape index (κ3) is 6.17. The Kier molecular flexibility index (Phi) is 8.37. The molecule has 3 aliphatic rings. The summed E-state index contributed by atoms with van der Waals surface area (Å²) in [4.78, 5) is 27.7. The molecule has 3 aromatic rings. The van der Waals surface area contributed by atoms with Gasteiger partial charge in [0.2, 0.25) is 5.88 Å². The number of nitriles is 1. The van der Waals surface area contributed by atoms with Crippen LogP contribution < -0.4 is 19.7 Å². The van der Waals surface area contributed by atoms with Gasteiger partial charge in [0, 0.05) is 43.8 Å². The number of ether oxygens (including phenoxy) is 3. The Hall–Kier alpha value is -4.27. The minimum Gasteiger partial charge on any atom is -0.485 e. The van der Waals surface area contributed by atoms with E-state index in [1.807, 2.05) is 61.8 Å². The molecule has 1 spiro atoms. The van der Waals surface area contributed by atoms with Crippen LogP contribution in [0.25, 0.3) is 11.3 Å². The van der Waals surface area contributed by atoms with Gasteiger partial charge in [0.05, 0.1) is 35.7 Å². The van der Waals surface area contributed by atoms with Crippen LogP contribution in [-0.4, -0.2) is 83.5 Å². The number of hydrogen-bond acceptors (Lipinski definition) is 9. The standard InChI is InChI=1S/C34H39FN6O4/c1-5-43-31-26(7-6-13-38-31)27-9-11-29(30(39-27)32(42)41(33(2,3)4)24-12-14-37-18-24)45-25-16-34(44-19-25)20-40(21-34)28-10-8-23(35)15-22(28)17-36/h6-11,13,15,24-25,37H,5,12,14,16,18-21H2,1-4H3/t24-,25?/m1/s1. The third-order valence-corrected chi connectivity index (χ3v) is 8.58. The summed E-state index contributed by atoms with van der Waals surface area (Å²) < 4.78 is 32.3. The minimum atomic E-state index is -0.452. The van der Waals surface area contributed by atoms with Crippen molar-refractivity contribution in [1.82, 2.24) is 20.2 Å². The molecule has 11 heteroatoms.